The fraction of sp³-hybridized carbons (Fsp3) is 0.211. The molecule has 2 aliphatic rings. The maximum Gasteiger partial charge on any atom is 0.0351 e. The number of hydrogen-bond donors (Lipinski definition) is 1. The van der Waals surface area contributed by atoms with Crippen LogP contribution in [0, 0.1) is 6.92 Å². The minimum Gasteiger partial charge on any atom is -0.388 e. The lowest BCUT2D eigenvalue weighted by Gasteiger charge is -2.12. The molecule has 1 nitrogen and oxygen atoms in total. The fourth-order valence-corrected chi connectivity index (χ4v) is 4.56. The zero-order chi connectivity index (χ0) is 29.3. The second-order valence-electron chi connectivity index (χ2n) is 9.33. The monoisotopic (exact) mass is 548 g/mol. The van der Waals surface area contributed by atoms with E-state index < -0.39 is 0 Å². The van der Waals surface area contributed by atoms with Crippen molar-refractivity contribution in [2.45, 2.75) is 40.5 Å². The van der Waals surface area contributed by atoms with Crippen LogP contribution in [-0.2, 0) is 11.2 Å². The highest BCUT2D eigenvalue weighted by Gasteiger charge is 2.08. The van der Waals surface area contributed by atoms with E-state index in [1.165, 1.54) is 50.1 Å². The first-order chi connectivity index (χ1) is 19.4. The lowest BCUT2D eigenvalue weighted by molar-refractivity contribution is 0.277. The Kier molecular flexibility index (Phi) is 14.6. The average Bonchev–Trinajstić information content (AvgIpc) is 3.01. The zero-order valence-electron chi connectivity index (χ0n) is 24.9. The Morgan fingerprint density at radius 1 is 0.750 bits per heavy atom. The van der Waals surface area contributed by atoms with Gasteiger partial charge in [-0.05, 0) is 77.3 Å². The molecule has 2 heteroatoms. The molecule has 2 aliphatic carbocycles. The summed E-state index contributed by atoms with van der Waals surface area (Å²) in [6.07, 6.45) is 16.8. The largest absolute Gasteiger partial charge is 0.388 e. The molecule has 40 heavy (non-hydrogen) atoms. The van der Waals surface area contributed by atoms with Crippen molar-refractivity contribution in [2.75, 3.05) is 14.2 Å². The van der Waals surface area contributed by atoms with E-state index in [1.54, 1.807) is 14.2 Å². The van der Waals surface area contributed by atoms with Crippen LogP contribution in [0.25, 0.3) is 22.8 Å². The molecular weight excluding hydrogens is 504 g/mol. The van der Waals surface area contributed by atoms with Crippen molar-refractivity contribution in [3.63, 3.8) is 0 Å². The molecule has 0 saturated heterocycles. The Labute approximate surface area is 248 Å². The van der Waals surface area contributed by atoms with Crippen LogP contribution in [0.2, 0.25) is 0 Å². The first-order valence-electron chi connectivity index (χ1n) is 13.9. The molecular formula is C38H44OS. The number of benzene rings is 3. The van der Waals surface area contributed by atoms with Crippen LogP contribution in [-0.4, -0.2) is 14.2 Å². The topological polar surface area (TPSA) is 9.23 Å². The van der Waals surface area contributed by atoms with E-state index in [4.69, 9.17) is 0 Å². The second kappa shape index (κ2) is 17.9. The normalized spacial score (nSPS) is 16.7. The molecule has 0 aliphatic heterocycles. The molecule has 3 aromatic rings. The molecule has 0 fully saturated rings. The maximum atomic E-state index is 4.50. The SMILES string of the molecule is C/C1=C(S)/C=C\C=C/c2cccc1c2C.C=C1C=CC(Cc2ccccc2-c2ccccc2)=CC1.CC.COC. The quantitative estimate of drug-likeness (QED) is 0.320. The van der Waals surface area contributed by atoms with Gasteiger partial charge in [-0.25, -0.2) is 0 Å². The van der Waals surface area contributed by atoms with Crippen molar-refractivity contribution in [3.05, 3.63) is 154 Å². The van der Waals surface area contributed by atoms with Crippen molar-refractivity contribution in [3.8, 4) is 11.1 Å². The van der Waals surface area contributed by atoms with Gasteiger partial charge in [0.1, 0.15) is 0 Å². The molecule has 0 amide bonds. The number of rotatable bonds is 3. The molecule has 5 rings (SSSR count). The first-order valence-corrected chi connectivity index (χ1v) is 14.3. The summed E-state index contributed by atoms with van der Waals surface area (Å²) >= 11 is 4.50. The summed E-state index contributed by atoms with van der Waals surface area (Å²) in [5, 5.41) is 0. The molecule has 0 spiro atoms. The molecule has 3 aromatic carbocycles. The number of allylic oxidation sites excluding steroid dienone is 9. The van der Waals surface area contributed by atoms with Crippen LogP contribution in [0.15, 0.2) is 132 Å². The van der Waals surface area contributed by atoms with Crippen LogP contribution in [0.3, 0.4) is 0 Å². The van der Waals surface area contributed by atoms with Gasteiger partial charge in [0.25, 0.3) is 0 Å². The van der Waals surface area contributed by atoms with Crippen molar-refractivity contribution in [1.82, 2.24) is 0 Å². The van der Waals surface area contributed by atoms with Crippen molar-refractivity contribution in [2.24, 2.45) is 0 Å². The van der Waals surface area contributed by atoms with Gasteiger partial charge < -0.3 is 4.74 Å². The van der Waals surface area contributed by atoms with E-state index in [0.717, 1.165) is 17.7 Å². The van der Waals surface area contributed by atoms with Gasteiger partial charge >= 0.3 is 0 Å². The highest BCUT2D eigenvalue weighted by atomic mass is 32.1. The van der Waals surface area contributed by atoms with Gasteiger partial charge in [0.2, 0.25) is 0 Å². The average molecular weight is 549 g/mol. The fourth-order valence-electron chi connectivity index (χ4n) is 4.36. The summed E-state index contributed by atoms with van der Waals surface area (Å²) in [7, 11) is 3.25. The van der Waals surface area contributed by atoms with Gasteiger partial charge in [0.15, 0.2) is 0 Å². The standard InChI is InChI=1S/C20H18.C14H14S.C2H6O.C2H6/c1-16-11-13-17(14-12-16)15-19-9-5-6-10-20(19)18-7-3-2-4-8-18;1-10-12-6-3-4-9-14(15)11(2)13(10)8-5-7-12;1-3-2;1-2/h2-11,13-14H,1,12,15H2;3-9,15H,1-2H3;1-2H3;1-2H3/b;6-3-,9-4-,14-11+;;. The zero-order valence-corrected chi connectivity index (χ0v) is 25.8. The Morgan fingerprint density at radius 2 is 1.38 bits per heavy atom. The van der Waals surface area contributed by atoms with Crippen molar-refractivity contribution >= 4 is 24.3 Å². The van der Waals surface area contributed by atoms with Crippen LogP contribution in [0.4, 0.5) is 0 Å². The lowest BCUT2D eigenvalue weighted by atomic mass is 9.92. The Hall–Kier alpha value is -3.59. The van der Waals surface area contributed by atoms with Gasteiger partial charge in [0.05, 0.1) is 0 Å². The van der Waals surface area contributed by atoms with Gasteiger partial charge in [-0.3, -0.25) is 0 Å². The van der Waals surface area contributed by atoms with Crippen LogP contribution in [0.1, 0.15) is 49.4 Å². The second-order valence-corrected chi connectivity index (χ2v) is 9.81. The maximum absolute atomic E-state index is 4.50. The summed E-state index contributed by atoms with van der Waals surface area (Å²) < 4.78 is 4.25. The number of ether oxygens (including phenoxy) is 1. The molecule has 2 bridgehead atoms. The van der Waals surface area contributed by atoms with E-state index in [9.17, 15) is 0 Å². The smallest absolute Gasteiger partial charge is 0.0351 e. The summed E-state index contributed by atoms with van der Waals surface area (Å²) in [5.41, 5.74) is 11.7. The third-order valence-electron chi connectivity index (χ3n) is 6.46. The predicted octanol–water partition coefficient (Wildman–Crippen LogP) is 10.9. The summed E-state index contributed by atoms with van der Waals surface area (Å²) in [4.78, 5) is 1.03. The van der Waals surface area contributed by atoms with Crippen LogP contribution in [0.5, 0.6) is 0 Å². The molecule has 208 valence electrons. The summed E-state index contributed by atoms with van der Waals surface area (Å²) in [6, 6.07) is 25.6. The number of methoxy groups -OCH3 is 1. The molecule has 0 N–H and O–H groups in total. The van der Waals surface area contributed by atoms with E-state index in [-0.39, 0.29) is 0 Å². The van der Waals surface area contributed by atoms with Crippen LogP contribution < -0.4 is 0 Å². The van der Waals surface area contributed by atoms with Crippen molar-refractivity contribution in [1.29, 1.82) is 0 Å². The van der Waals surface area contributed by atoms with E-state index >= 15 is 0 Å². The Morgan fingerprint density at radius 3 is 2.05 bits per heavy atom. The molecule has 0 radical (unpaired) electrons. The molecule has 0 aromatic heterocycles. The minimum atomic E-state index is 0.972. The lowest BCUT2D eigenvalue weighted by Crippen LogP contribution is -1.95. The Balaban J connectivity index is 0.000000249. The molecule has 0 heterocycles. The van der Waals surface area contributed by atoms with Gasteiger partial charge in [-0.1, -0.05) is 135 Å². The van der Waals surface area contributed by atoms with Crippen molar-refractivity contribution < 1.29 is 4.74 Å². The minimum absolute atomic E-state index is 0.972. The van der Waals surface area contributed by atoms with E-state index in [1.807, 2.05) is 26.0 Å². The first kappa shape index (κ1) is 32.6. The van der Waals surface area contributed by atoms with E-state index in [2.05, 4.69) is 141 Å². The summed E-state index contributed by atoms with van der Waals surface area (Å²) in [5.74, 6) is 0. The van der Waals surface area contributed by atoms with Gasteiger partial charge in [-0.15, -0.1) is 12.6 Å². The molecule has 0 unspecified atom stereocenters. The van der Waals surface area contributed by atoms with Crippen LogP contribution >= 0.6 is 12.6 Å². The number of thiol groups is 1. The molecule has 0 atom stereocenters. The Bertz CT molecular complexity index is 1380. The van der Waals surface area contributed by atoms with Gasteiger partial charge in [0, 0.05) is 19.1 Å². The van der Waals surface area contributed by atoms with E-state index in [0.29, 0.717) is 0 Å². The highest BCUT2D eigenvalue weighted by Crippen LogP contribution is 2.29. The number of fused-ring (bicyclic) bond motifs is 2. The predicted molar refractivity (Wildman–Crippen MR) is 182 cm³/mol. The highest BCUT2D eigenvalue weighted by molar-refractivity contribution is 7.85. The molecule has 0 saturated carbocycles. The summed E-state index contributed by atoms with van der Waals surface area (Å²) in [6.45, 7) is 12.3. The van der Waals surface area contributed by atoms with Gasteiger partial charge in [-0.2, -0.15) is 0 Å². The number of hydrogen-bond acceptors (Lipinski definition) is 2. The third kappa shape index (κ3) is 9.86. The third-order valence-corrected chi connectivity index (χ3v) is 6.95.